The van der Waals surface area contributed by atoms with E-state index >= 15 is 0 Å². The molecule has 4 rings (SSSR count). The summed E-state index contributed by atoms with van der Waals surface area (Å²) in [6.45, 7) is 1.54. The van der Waals surface area contributed by atoms with Crippen molar-refractivity contribution in [1.29, 1.82) is 0 Å². The van der Waals surface area contributed by atoms with Crippen molar-refractivity contribution in [2.24, 2.45) is 5.92 Å². The van der Waals surface area contributed by atoms with Gasteiger partial charge in [0.25, 0.3) is 0 Å². The molecule has 2 heterocycles. The number of carbonyl (C=O) groups excluding carboxylic acids is 1. The maximum absolute atomic E-state index is 12.8. The number of aromatic nitrogens is 1. The fraction of sp³-hybridized carbons (Fsp3) is 0.182. The molecule has 2 atom stereocenters. The number of hydrogen-bond acceptors (Lipinski definition) is 3. The van der Waals surface area contributed by atoms with Gasteiger partial charge in [0.05, 0.1) is 5.92 Å². The maximum Gasteiger partial charge on any atom is 0.229 e. The van der Waals surface area contributed by atoms with Gasteiger partial charge >= 0.3 is 0 Å². The van der Waals surface area contributed by atoms with E-state index in [4.69, 9.17) is 0 Å². The van der Waals surface area contributed by atoms with Gasteiger partial charge in [-0.3, -0.25) is 9.78 Å². The summed E-state index contributed by atoms with van der Waals surface area (Å²) in [4.78, 5) is 16.9. The number of amides is 1. The molecule has 0 unspecified atom stereocenters. The Bertz CT molecular complexity index is 873. The van der Waals surface area contributed by atoms with Gasteiger partial charge in [-0.25, -0.2) is 0 Å². The summed E-state index contributed by atoms with van der Waals surface area (Å²) in [6.07, 6.45) is 3.60. The van der Waals surface area contributed by atoms with Crippen molar-refractivity contribution in [3.8, 4) is 11.1 Å². The number of pyridine rings is 1. The number of nitrogens with zero attached hydrogens (tertiary/aromatic N) is 1. The van der Waals surface area contributed by atoms with E-state index in [1.807, 2.05) is 60.8 Å². The van der Waals surface area contributed by atoms with E-state index in [0.29, 0.717) is 6.54 Å². The lowest BCUT2D eigenvalue weighted by molar-refractivity contribution is -0.119. The van der Waals surface area contributed by atoms with Gasteiger partial charge in [-0.1, -0.05) is 48.5 Å². The average Bonchev–Trinajstić information content (AvgIpc) is 3.20. The van der Waals surface area contributed by atoms with E-state index in [9.17, 15) is 4.79 Å². The lowest BCUT2D eigenvalue weighted by Crippen LogP contribution is -2.28. The molecule has 2 aromatic carbocycles. The smallest absolute Gasteiger partial charge is 0.229 e. The zero-order chi connectivity index (χ0) is 17.8. The quantitative estimate of drug-likeness (QED) is 0.657. The van der Waals surface area contributed by atoms with Gasteiger partial charge in [-0.15, -0.1) is 24.8 Å². The van der Waals surface area contributed by atoms with E-state index < -0.39 is 0 Å². The van der Waals surface area contributed by atoms with E-state index in [-0.39, 0.29) is 42.6 Å². The number of halogens is 2. The second-order valence-corrected chi connectivity index (χ2v) is 6.59. The van der Waals surface area contributed by atoms with Gasteiger partial charge in [0, 0.05) is 37.1 Å². The molecule has 1 fully saturated rings. The summed E-state index contributed by atoms with van der Waals surface area (Å²) in [5.41, 5.74) is 4.18. The van der Waals surface area contributed by atoms with Crippen molar-refractivity contribution in [3.05, 3.63) is 84.7 Å². The largest absolute Gasteiger partial charge is 0.326 e. The highest BCUT2D eigenvalue weighted by Crippen LogP contribution is 2.29. The second kappa shape index (κ2) is 10.2. The summed E-state index contributed by atoms with van der Waals surface area (Å²) in [5.74, 6) is 0.222. The standard InChI is InChI=1S/C22H21N3O.2ClH/c26-22(21-15-24-14-20(21)17-5-2-1-3-6-17)25-19-10-8-16(9-11-19)18-7-4-12-23-13-18;;/h1-13,20-21,24H,14-15H2,(H,25,26);2*1H/t20-,21+;;/m0../s1. The van der Waals surface area contributed by atoms with Gasteiger partial charge in [0.2, 0.25) is 5.91 Å². The van der Waals surface area contributed by atoms with Crippen molar-refractivity contribution in [2.75, 3.05) is 18.4 Å². The molecule has 0 bridgehead atoms. The Morgan fingerprint density at radius 2 is 1.64 bits per heavy atom. The predicted molar refractivity (Wildman–Crippen MR) is 118 cm³/mol. The van der Waals surface area contributed by atoms with Crippen LogP contribution in [0, 0.1) is 5.92 Å². The molecule has 0 spiro atoms. The van der Waals surface area contributed by atoms with Crippen LogP contribution in [0.1, 0.15) is 11.5 Å². The highest BCUT2D eigenvalue weighted by Gasteiger charge is 2.33. The Labute approximate surface area is 177 Å². The molecule has 1 aliphatic heterocycles. The van der Waals surface area contributed by atoms with Gasteiger partial charge in [-0.2, -0.15) is 0 Å². The molecular formula is C22H23Cl2N3O. The zero-order valence-electron chi connectivity index (χ0n) is 15.2. The van der Waals surface area contributed by atoms with E-state index in [0.717, 1.165) is 23.4 Å². The molecule has 1 saturated heterocycles. The van der Waals surface area contributed by atoms with Crippen LogP contribution in [-0.4, -0.2) is 24.0 Å². The highest BCUT2D eigenvalue weighted by molar-refractivity contribution is 5.94. The van der Waals surface area contributed by atoms with Crippen molar-refractivity contribution in [1.82, 2.24) is 10.3 Å². The van der Waals surface area contributed by atoms with E-state index in [2.05, 4.69) is 27.8 Å². The molecule has 0 radical (unpaired) electrons. The van der Waals surface area contributed by atoms with Crippen LogP contribution in [0.5, 0.6) is 0 Å². The minimum atomic E-state index is -0.0598. The molecule has 3 aromatic rings. The summed E-state index contributed by atoms with van der Waals surface area (Å²) < 4.78 is 0. The number of carbonyl (C=O) groups is 1. The molecule has 4 nitrogen and oxygen atoms in total. The molecule has 0 aliphatic carbocycles. The number of rotatable bonds is 4. The van der Waals surface area contributed by atoms with Crippen LogP contribution in [0.3, 0.4) is 0 Å². The molecule has 1 aromatic heterocycles. The Morgan fingerprint density at radius 1 is 0.893 bits per heavy atom. The fourth-order valence-electron chi connectivity index (χ4n) is 3.52. The Kier molecular flexibility index (Phi) is 8.00. The second-order valence-electron chi connectivity index (χ2n) is 6.59. The number of nitrogens with one attached hydrogen (secondary N) is 2. The zero-order valence-corrected chi connectivity index (χ0v) is 16.9. The molecule has 1 amide bonds. The van der Waals surface area contributed by atoms with Gasteiger partial charge in [-0.05, 0) is 34.9 Å². The third kappa shape index (κ3) is 4.90. The predicted octanol–water partition coefficient (Wildman–Crippen LogP) is 4.53. The van der Waals surface area contributed by atoms with Crippen LogP contribution >= 0.6 is 24.8 Å². The Morgan fingerprint density at radius 3 is 2.32 bits per heavy atom. The molecule has 2 N–H and O–H groups in total. The van der Waals surface area contributed by atoms with E-state index in [1.165, 1.54) is 5.56 Å². The van der Waals surface area contributed by atoms with E-state index in [1.54, 1.807) is 6.20 Å². The third-order valence-electron chi connectivity index (χ3n) is 4.93. The van der Waals surface area contributed by atoms with Gasteiger partial charge in [0.1, 0.15) is 0 Å². The van der Waals surface area contributed by atoms with Gasteiger partial charge in [0.15, 0.2) is 0 Å². The summed E-state index contributed by atoms with van der Waals surface area (Å²) in [7, 11) is 0. The first-order chi connectivity index (χ1) is 12.8. The lowest BCUT2D eigenvalue weighted by atomic mass is 9.88. The summed E-state index contributed by atoms with van der Waals surface area (Å²) in [6, 6.07) is 22.1. The van der Waals surface area contributed by atoms with Gasteiger partial charge < -0.3 is 10.6 Å². The summed E-state index contributed by atoms with van der Waals surface area (Å²) >= 11 is 0. The fourth-order valence-corrected chi connectivity index (χ4v) is 3.52. The van der Waals surface area contributed by atoms with Crippen LogP contribution in [0.15, 0.2) is 79.1 Å². The number of hydrogen-bond donors (Lipinski definition) is 2. The normalized spacial score (nSPS) is 17.9. The van der Waals surface area contributed by atoms with Crippen LogP contribution in [-0.2, 0) is 4.79 Å². The Hall–Kier alpha value is -2.40. The third-order valence-corrected chi connectivity index (χ3v) is 4.93. The van der Waals surface area contributed by atoms with Crippen molar-refractivity contribution >= 4 is 36.4 Å². The molecule has 0 saturated carbocycles. The first-order valence-corrected chi connectivity index (χ1v) is 8.88. The number of benzene rings is 2. The molecular weight excluding hydrogens is 393 g/mol. The lowest BCUT2D eigenvalue weighted by Gasteiger charge is -2.18. The summed E-state index contributed by atoms with van der Waals surface area (Å²) in [5, 5.41) is 6.42. The first kappa shape index (κ1) is 21.9. The molecule has 28 heavy (non-hydrogen) atoms. The average molecular weight is 416 g/mol. The van der Waals surface area contributed by atoms with Crippen molar-refractivity contribution in [2.45, 2.75) is 5.92 Å². The van der Waals surface area contributed by atoms with Crippen molar-refractivity contribution in [3.63, 3.8) is 0 Å². The van der Waals surface area contributed by atoms with Crippen LogP contribution in [0.25, 0.3) is 11.1 Å². The minimum Gasteiger partial charge on any atom is -0.326 e. The van der Waals surface area contributed by atoms with Crippen LogP contribution in [0.2, 0.25) is 0 Å². The monoisotopic (exact) mass is 415 g/mol. The topological polar surface area (TPSA) is 54.0 Å². The molecule has 1 aliphatic rings. The number of anilines is 1. The van der Waals surface area contributed by atoms with Crippen LogP contribution < -0.4 is 10.6 Å². The molecule has 146 valence electrons. The SMILES string of the molecule is Cl.Cl.O=C(Nc1ccc(-c2cccnc2)cc1)[C@@H]1CNC[C@H]1c1ccccc1. The first-order valence-electron chi connectivity index (χ1n) is 8.88. The highest BCUT2D eigenvalue weighted by atomic mass is 35.5. The van der Waals surface area contributed by atoms with Crippen molar-refractivity contribution < 1.29 is 4.79 Å². The molecule has 6 heteroatoms. The maximum atomic E-state index is 12.8. The van der Waals surface area contributed by atoms with Crippen LogP contribution in [0.4, 0.5) is 5.69 Å². The Balaban J connectivity index is 0.00000140. The minimum absolute atomic E-state index is 0.